The second kappa shape index (κ2) is 4.53. The van der Waals surface area contributed by atoms with Gasteiger partial charge in [-0.05, 0) is 43.4 Å². The van der Waals surface area contributed by atoms with Gasteiger partial charge < -0.3 is 15.4 Å². The van der Waals surface area contributed by atoms with Gasteiger partial charge in [0.25, 0.3) is 0 Å². The topological polar surface area (TPSA) is 55.6 Å². The number of benzene rings is 1. The Balaban J connectivity index is 1.80. The van der Waals surface area contributed by atoms with Gasteiger partial charge in [-0.2, -0.15) is 0 Å². The van der Waals surface area contributed by atoms with E-state index in [2.05, 4.69) is 0 Å². The Morgan fingerprint density at radius 1 is 1.37 bits per heavy atom. The van der Waals surface area contributed by atoms with Crippen LogP contribution in [-0.4, -0.2) is 30.0 Å². The summed E-state index contributed by atoms with van der Waals surface area (Å²) in [6.07, 6.45) is 3.74. The highest BCUT2D eigenvalue weighted by atomic mass is 16.5. The van der Waals surface area contributed by atoms with Crippen molar-refractivity contribution >= 4 is 5.91 Å². The van der Waals surface area contributed by atoms with Crippen LogP contribution >= 0.6 is 0 Å². The smallest absolute Gasteiger partial charge is 0.243 e. The lowest BCUT2D eigenvalue weighted by Crippen LogP contribution is -2.45. The maximum Gasteiger partial charge on any atom is 0.243 e. The van der Waals surface area contributed by atoms with E-state index < -0.39 is 5.54 Å². The van der Waals surface area contributed by atoms with Crippen molar-refractivity contribution in [3.8, 4) is 5.75 Å². The quantitative estimate of drug-likeness (QED) is 0.902. The zero-order chi connectivity index (χ0) is 13.5. The molecule has 102 valence electrons. The number of carbonyl (C=O) groups excluding carboxylic acids is 1. The van der Waals surface area contributed by atoms with E-state index in [1.807, 2.05) is 29.2 Å². The number of rotatable bonds is 3. The summed E-state index contributed by atoms with van der Waals surface area (Å²) in [7, 11) is 1.66. The molecule has 4 nitrogen and oxygen atoms in total. The van der Waals surface area contributed by atoms with Crippen LogP contribution in [0.1, 0.15) is 37.3 Å². The molecule has 1 aliphatic carbocycles. The molecule has 1 aromatic carbocycles. The minimum Gasteiger partial charge on any atom is -0.497 e. The zero-order valence-corrected chi connectivity index (χ0v) is 11.3. The number of nitrogens with zero attached hydrogens (tertiary/aromatic N) is 1. The second-order valence-electron chi connectivity index (χ2n) is 5.59. The molecular formula is C15H20N2O2. The summed E-state index contributed by atoms with van der Waals surface area (Å²) >= 11 is 0. The highest BCUT2D eigenvalue weighted by Gasteiger charge is 2.50. The van der Waals surface area contributed by atoms with Gasteiger partial charge in [0, 0.05) is 6.54 Å². The molecule has 1 aliphatic heterocycles. The lowest BCUT2D eigenvalue weighted by atomic mass is 10.0. The molecule has 1 saturated carbocycles. The summed E-state index contributed by atoms with van der Waals surface area (Å²) < 4.78 is 5.17. The van der Waals surface area contributed by atoms with Crippen molar-refractivity contribution < 1.29 is 9.53 Å². The van der Waals surface area contributed by atoms with Gasteiger partial charge in [-0.1, -0.05) is 12.1 Å². The fourth-order valence-corrected chi connectivity index (χ4v) is 2.82. The highest BCUT2D eigenvalue weighted by Crippen LogP contribution is 2.40. The van der Waals surface area contributed by atoms with Crippen molar-refractivity contribution in [1.82, 2.24) is 4.90 Å². The summed E-state index contributed by atoms with van der Waals surface area (Å²) in [5.41, 5.74) is 6.66. The number of likely N-dealkylation sites (tertiary alicyclic amines) is 1. The van der Waals surface area contributed by atoms with Gasteiger partial charge in [-0.3, -0.25) is 4.79 Å². The van der Waals surface area contributed by atoms with Crippen LogP contribution in [0.25, 0.3) is 0 Å². The van der Waals surface area contributed by atoms with Crippen molar-refractivity contribution in [1.29, 1.82) is 0 Å². The monoisotopic (exact) mass is 260 g/mol. The molecule has 2 aliphatic rings. The molecule has 1 atom stereocenters. The van der Waals surface area contributed by atoms with Crippen LogP contribution in [0.5, 0.6) is 5.75 Å². The fourth-order valence-electron chi connectivity index (χ4n) is 2.82. The maximum atomic E-state index is 12.4. The Hall–Kier alpha value is -1.55. The normalized spacial score (nSPS) is 24.3. The Bertz CT molecular complexity index is 479. The summed E-state index contributed by atoms with van der Waals surface area (Å²) in [5.74, 6) is 0.975. The third-order valence-corrected chi connectivity index (χ3v) is 4.23. The van der Waals surface area contributed by atoms with Crippen LogP contribution in [0.4, 0.5) is 0 Å². The minimum absolute atomic E-state index is 0.130. The summed E-state index contributed by atoms with van der Waals surface area (Å²) in [5, 5.41) is 0. The van der Waals surface area contributed by atoms with E-state index in [4.69, 9.17) is 10.5 Å². The third kappa shape index (κ3) is 2.21. The number of amides is 1. The average Bonchev–Trinajstić information content (AvgIpc) is 3.02. The van der Waals surface area contributed by atoms with Crippen LogP contribution in [0.15, 0.2) is 24.3 Å². The SMILES string of the molecule is COc1ccc(C2CCCN2C(=O)C2(N)CC2)cc1. The van der Waals surface area contributed by atoms with Gasteiger partial charge in [-0.25, -0.2) is 0 Å². The first-order chi connectivity index (χ1) is 9.14. The molecule has 2 N–H and O–H groups in total. The van der Waals surface area contributed by atoms with Crippen molar-refractivity contribution in [3.63, 3.8) is 0 Å². The summed E-state index contributed by atoms with van der Waals surface area (Å²) in [6, 6.07) is 8.17. The first-order valence-electron chi connectivity index (χ1n) is 6.88. The van der Waals surface area contributed by atoms with Crippen molar-refractivity contribution in [2.75, 3.05) is 13.7 Å². The van der Waals surface area contributed by atoms with E-state index in [1.54, 1.807) is 7.11 Å². The van der Waals surface area contributed by atoms with Crippen LogP contribution in [0.2, 0.25) is 0 Å². The van der Waals surface area contributed by atoms with Crippen LogP contribution in [0.3, 0.4) is 0 Å². The first kappa shape index (κ1) is 12.5. The molecule has 3 rings (SSSR count). The number of ether oxygens (including phenoxy) is 1. The number of hydrogen-bond donors (Lipinski definition) is 1. The van der Waals surface area contributed by atoms with Crippen molar-refractivity contribution in [2.24, 2.45) is 5.73 Å². The molecule has 2 fully saturated rings. The largest absolute Gasteiger partial charge is 0.497 e. The zero-order valence-electron chi connectivity index (χ0n) is 11.3. The standard InChI is InChI=1S/C15H20N2O2/c1-19-12-6-4-11(5-7-12)13-3-2-10-17(13)14(18)15(16)8-9-15/h4-7,13H,2-3,8-10,16H2,1H3. The van der Waals surface area contributed by atoms with Crippen molar-refractivity contribution in [2.45, 2.75) is 37.3 Å². The van der Waals surface area contributed by atoms with E-state index in [1.165, 1.54) is 5.56 Å². The Morgan fingerprint density at radius 2 is 2.05 bits per heavy atom. The van der Waals surface area contributed by atoms with Gasteiger partial charge in [0.1, 0.15) is 5.75 Å². The van der Waals surface area contributed by atoms with Gasteiger partial charge in [-0.15, -0.1) is 0 Å². The molecule has 1 aromatic rings. The molecule has 1 amide bonds. The van der Waals surface area contributed by atoms with Crippen LogP contribution < -0.4 is 10.5 Å². The summed E-state index contributed by atoms with van der Waals surface area (Å²) in [6.45, 7) is 0.828. The molecule has 1 unspecified atom stereocenters. The molecule has 0 spiro atoms. The molecule has 19 heavy (non-hydrogen) atoms. The minimum atomic E-state index is -0.560. The predicted octanol–water partition coefficient (Wildman–Crippen LogP) is 1.85. The van der Waals surface area contributed by atoms with Crippen LogP contribution in [-0.2, 0) is 4.79 Å². The van der Waals surface area contributed by atoms with Crippen LogP contribution in [0, 0.1) is 0 Å². The van der Waals surface area contributed by atoms with Gasteiger partial charge >= 0.3 is 0 Å². The van der Waals surface area contributed by atoms with E-state index >= 15 is 0 Å². The Morgan fingerprint density at radius 3 is 2.63 bits per heavy atom. The number of hydrogen-bond acceptors (Lipinski definition) is 3. The average molecular weight is 260 g/mol. The highest BCUT2D eigenvalue weighted by molar-refractivity contribution is 5.89. The van der Waals surface area contributed by atoms with E-state index in [0.717, 1.165) is 38.0 Å². The van der Waals surface area contributed by atoms with E-state index in [9.17, 15) is 4.79 Å². The molecule has 0 radical (unpaired) electrons. The molecule has 1 heterocycles. The molecule has 0 bridgehead atoms. The lowest BCUT2D eigenvalue weighted by Gasteiger charge is -2.27. The predicted molar refractivity (Wildman–Crippen MR) is 72.8 cm³/mol. The molecule has 4 heteroatoms. The van der Waals surface area contributed by atoms with E-state index in [0.29, 0.717) is 0 Å². The number of methoxy groups -OCH3 is 1. The number of carbonyl (C=O) groups is 1. The fraction of sp³-hybridized carbons (Fsp3) is 0.533. The summed E-state index contributed by atoms with van der Waals surface area (Å²) in [4.78, 5) is 14.4. The Labute approximate surface area is 113 Å². The van der Waals surface area contributed by atoms with Gasteiger partial charge in [0.15, 0.2) is 0 Å². The van der Waals surface area contributed by atoms with Gasteiger partial charge in [0.05, 0.1) is 18.7 Å². The van der Waals surface area contributed by atoms with Crippen molar-refractivity contribution in [3.05, 3.63) is 29.8 Å². The second-order valence-corrected chi connectivity index (χ2v) is 5.59. The molecular weight excluding hydrogens is 240 g/mol. The molecule has 1 saturated heterocycles. The molecule has 0 aromatic heterocycles. The van der Waals surface area contributed by atoms with E-state index in [-0.39, 0.29) is 11.9 Å². The number of nitrogens with two attached hydrogens (primary N) is 1. The first-order valence-corrected chi connectivity index (χ1v) is 6.88. The Kier molecular flexibility index (Phi) is 2.97. The van der Waals surface area contributed by atoms with Gasteiger partial charge in [0.2, 0.25) is 5.91 Å². The maximum absolute atomic E-state index is 12.4. The lowest BCUT2D eigenvalue weighted by molar-refractivity contribution is -0.134. The third-order valence-electron chi connectivity index (χ3n) is 4.23.